The topological polar surface area (TPSA) is 26.0 Å². The SMILES string of the molecule is Cc1ccccc1CC(F)CCN. The van der Waals surface area contributed by atoms with Gasteiger partial charge in [-0.05, 0) is 31.0 Å². The molecule has 0 saturated heterocycles. The van der Waals surface area contributed by atoms with Gasteiger partial charge in [0.1, 0.15) is 6.17 Å². The summed E-state index contributed by atoms with van der Waals surface area (Å²) in [5.74, 6) is 0. The second-order valence-electron chi connectivity index (χ2n) is 3.31. The minimum Gasteiger partial charge on any atom is -0.330 e. The zero-order chi connectivity index (χ0) is 9.68. The average Bonchev–Trinajstić information content (AvgIpc) is 2.09. The molecule has 0 aliphatic rings. The molecule has 0 amide bonds. The van der Waals surface area contributed by atoms with Gasteiger partial charge in [-0.15, -0.1) is 0 Å². The van der Waals surface area contributed by atoms with E-state index in [2.05, 4.69) is 0 Å². The Hall–Kier alpha value is -0.890. The van der Waals surface area contributed by atoms with Crippen molar-refractivity contribution in [2.75, 3.05) is 6.54 Å². The molecular formula is C11H16FN. The molecule has 0 aliphatic heterocycles. The van der Waals surface area contributed by atoms with E-state index >= 15 is 0 Å². The van der Waals surface area contributed by atoms with Crippen molar-refractivity contribution in [3.63, 3.8) is 0 Å². The molecule has 1 unspecified atom stereocenters. The van der Waals surface area contributed by atoms with Crippen molar-refractivity contribution in [1.82, 2.24) is 0 Å². The lowest BCUT2D eigenvalue weighted by Gasteiger charge is -2.08. The Morgan fingerprint density at radius 2 is 2.08 bits per heavy atom. The molecule has 13 heavy (non-hydrogen) atoms. The fraction of sp³-hybridized carbons (Fsp3) is 0.455. The summed E-state index contributed by atoms with van der Waals surface area (Å²) in [4.78, 5) is 0. The molecule has 0 fully saturated rings. The van der Waals surface area contributed by atoms with Gasteiger partial charge in [0.05, 0.1) is 0 Å². The summed E-state index contributed by atoms with van der Waals surface area (Å²) in [6, 6.07) is 7.88. The van der Waals surface area contributed by atoms with E-state index in [9.17, 15) is 4.39 Å². The normalized spacial score (nSPS) is 12.8. The van der Waals surface area contributed by atoms with Gasteiger partial charge in [0.15, 0.2) is 0 Å². The molecule has 1 rings (SSSR count). The predicted octanol–water partition coefficient (Wildman–Crippen LogP) is 2.22. The Morgan fingerprint density at radius 1 is 1.38 bits per heavy atom. The van der Waals surface area contributed by atoms with Gasteiger partial charge in [0, 0.05) is 6.42 Å². The van der Waals surface area contributed by atoms with Gasteiger partial charge in [-0.1, -0.05) is 24.3 Å². The van der Waals surface area contributed by atoms with Crippen molar-refractivity contribution in [2.24, 2.45) is 5.73 Å². The summed E-state index contributed by atoms with van der Waals surface area (Å²) in [6.07, 6.45) is 0.143. The minimum absolute atomic E-state index is 0.424. The molecular weight excluding hydrogens is 165 g/mol. The van der Waals surface area contributed by atoms with E-state index in [-0.39, 0.29) is 0 Å². The molecule has 72 valence electrons. The van der Waals surface area contributed by atoms with Gasteiger partial charge in [-0.25, -0.2) is 4.39 Å². The largest absolute Gasteiger partial charge is 0.330 e. The van der Waals surface area contributed by atoms with Crippen LogP contribution in [0.4, 0.5) is 4.39 Å². The molecule has 2 heteroatoms. The lowest BCUT2D eigenvalue weighted by molar-refractivity contribution is 0.316. The second-order valence-corrected chi connectivity index (χ2v) is 3.31. The molecule has 0 aliphatic carbocycles. The summed E-state index contributed by atoms with van der Waals surface area (Å²) in [7, 11) is 0. The zero-order valence-corrected chi connectivity index (χ0v) is 7.96. The van der Waals surface area contributed by atoms with E-state index in [1.54, 1.807) is 0 Å². The summed E-state index contributed by atoms with van der Waals surface area (Å²) < 4.78 is 13.2. The summed E-state index contributed by atoms with van der Waals surface area (Å²) in [5, 5.41) is 0. The fourth-order valence-corrected chi connectivity index (χ4v) is 1.36. The number of rotatable bonds is 4. The number of hydrogen-bond acceptors (Lipinski definition) is 1. The Labute approximate surface area is 78.8 Å². The maximum absolute atomic E-state index is 13.2. The third kappa shape index (κ3) is 3.15. The first-order valence-electron chi connectivity index (χ1n) is 4.62. The van der Waals surface area contributed by atoms with E-state index in [4.69, 9.17) is 5.73 Å². The van der Waals surface area contributed by atoms with Gasteiger partial charge >= 0.3 is 0 Å². The monoisotopic (exact) mass is 181 g/mol. The molecule has 1 nitrogen and oxygen atoms in total. The molecule has 0 aromatic heterocycles. The predicted molar refractivity (Wildman–Crippen MR) is 53.5 cm³/mol. The Bertz CT molecular complexity index is 260. The summed E-state index contributed by atoms with van der Waals surface area (Å²) in [5.41, 5.74) is 7.52. The molecule has 2 N–H and O–H groups in total. The molecule has 0 saturated carbocycles. The average molecular weight is 181 g/mol. The van der Waals surface area contributed by atoms with E-state index in [0.29, 0.717) is 19.4 Å². The Kier molecular flexibility index (Phi) is 3.90. The number of aryl methyl sites for hydroxylation is 1. The van der Waals surface area contributed by atoms with Crippen LogP contribution in [-0.4, -0.2) is 12.7 Å². The quantitative estimate of drug-likeness (QED) is 0.757. The maximum Gasteiger partial charge on any atom is 0.105 e. The van der Waals surface area contributed by atoms with Gasteiger partial charge in [0.2, 0.25) is 0 Å². The van der Waals surface area contributed by atoms with E-state index < -0.39 is 6.17 Å². The van der Waals surface area contributed by atoms with Gasteiger partial charge in [0.25, 0.3) is 0 Å². The first-order valence-corrected chi connectivity index (χ1v) is 4.62. The van der Waals surface area contributed by atoms with Crippen LogP contribution >= 0.6 is 0 Å². The van der Waals surface area contributed by atoms with E-state index in [1.165, 1.54) is 0 Å². The van der Waals surface area contributed by atoms with Crippen LogP contribution in [0.15, 0.2) is 24.3 Å². The highest BCUT2D eigenvalue weighted by Gasteiger charge is 2.07. The van der Waals surface area contributed by atoms with Crippen molar-refractivity contribution in [2.45, 2.75) is 25.9 Å². The van der Waals surface area contributed by atoms with Crippen molar-refractivity contribution in [3.05, 3.63) is 35.4 Å². The Morgan fingerprint density at radius 3 is 2.69 bits per heavy atom. The first kappa shape index (κ1) is 10.2. The third-order valence-corrected chi connectivity index (χ3v) is 2.18. The lowest BCUT2D eigenvalue weighted by Crippen LogP contribution is -2.12. The highest BCUT2D eigenvalue weighted by Crippen LogP contribution is 2.12. The van der Waals surface area contributed by atoms with Crippen LogP contribution in [0.2, 0.25) is 0 Å². The van der Waals surface area contributed by atoms with Crippen molar-refractivity contribution < 1.29 is 4.39 Å². The molecule has 0 bridgehead atoms. The van der Waals surface area contributed by atoms with E-state index in [1.807, 2.05) is 31.2 Å². The van der Waals surface area contributed by atoms with Gasteiger partial charge in [-0.2, -0.15) is 0 Å². The molecule has 1 atom stereocenters. The summed E-state index contributed by atoms with van der Waals surface area (Å²) in [6.45, 7) is 2.43. The van der Waals surface area contributed by atoms with Crippen LogP contribution in [0.25, 0.3) is 0 Å². The second kappa shape index (κ2) is 4.97. The number of alkyl halides is 1. The highest BCUT2D eigenvalue weighted by atomic mass is 19.1. The lowest BCUT2D eigenvalue weighted by atomic mass is 10.0. The van der Waals surface area contributed by atoms with Crippen LogP contribution in [0.3, 0.4) is 0 Å². The van der Waals surface area contributed by atoms with Crippen LogP contribution in [-0.2, 0) is 6.42 Å². The Balaban J connectivity index is 2.58. The van der Waals surface area contributed by atoms with Gasteiger partial charge < -0.3 is 5.73 Å². The number of nitrogens with two attached hydrogens (primary N) is 1. The first-order chi connectivity index (χ1) is 6.24. The number of hydrogen-bond donors (Lipinski definition) is 1. The molecule has 1 aromatic carbocycles. The number of benzene rings is 1. The maximum atomic E-state index is 13.2. The smallest absolute Gasteiger partial charge is 0.105 e. The number of halogens is 1. The summed E-state index contributed by atoms with van der Waals surface area (Å²) >= 11 is 0. The molecule has 0 spiro atoms. The van der Waals surface area contributed by atoms with Gasteiger partial charge in [-0.3, -0.25) is 0 Å². The van der Waals surface area contributed by atoms with Crippen molar-refractivity contribution in [1.29, 1.82) is 0 Å². The van der Waals surface area contributed by atoms with Crippen LogP contribution in [0.5, 0.6) is 0 Å². The molecule has 1 aromatic rings. The van der Waals surface area contributed by atoms with Crippen LogP contribution in [0, 0.1) is 6.92 Å². The highest BCUT2D eigenvalue weighted by molar-refractivity contribution is 5.26. The third-order valence-electron chi connectivity index (χ3n) is 2.18. The van der Waals surface area contributed by atoms with Crippen LogP contribution in [0.1, 0.15) is 17.5 Å². The standard InChI is InChI=1S/C11H16FN/c1-9-4-2-3-5-10(9)8-11(12)6-7-13/h2-5,11H,6-8,13H2,1H3. The van der Waals surface area contributed by atoms with Crippen molar-refractivity contribution in [3.8, 4) is 0 Å². The fourth-order valence-electron chi connectivity index (χ4n) is 1.36. The minimum atomic E-state index is -0.800. The zero-order valence-electron chi connectivity index (χ0n) is 7.96. The van der Waals surface area contributed by atoms with E-state index in [0.717, 1.165) is 11.1 Å². The van der Waals surface area contributed by atoms with Crippen molar-refractivity contribution >= 4 is 0 Å². The van der Waals surface area contributed by atoms with Crippen LogP contribution < -0.4 is 5.73 Å². The molecule has 0 radical (unpaired) electrons. The molecule has 0 heterocycles.